The molecule has 0 amide bonds. The molecule has 0 unspecified atom stereocenters. The predicted octanol–water partition coefficient (Wildman–Crippen LogP) is 5.74. The standard InChI is InChI=1S/C19H15ClO2/c1-21-19(14-7-3-2-4-8-14)13-15-11-12-18(22-15)16-9-5-6-10-17(16)20/h2-13H,1H3/b19-13-. The lowest BCUT2D eigenvalue weighted by atomic mass is 10.1. The molecule has 3 heteroatoms. The molecule has 0 fully saturated rings. The first kappa shape index (κ1) is 14.5. The molecule has 3 aromatic rings. The minimum absolute atomic E-state index is 0.669. The van der Waals surface area contributed by atoms with Crippen molar-refractivity contribution in [2.45, 2.75) is 0 Å². The van der Waals surface area contributed by atoms with Gasteiger partial charge in [0, 0.05) is 17.2 Å². The van der Waals surface area contributed by atoms with Crippen LogP contribution in [0, 0.1) is 0 Å². The van der Waals surface area contributed by atoms with Crippen LogP contribution in [-0.4, -0.2) is 7.11 Å². The van der Waals surface area contributed by atoms with Crippen molar-refractivity contribution in [1.82, 2.24) is 0 Å². The van der Waals surface area contributed by atoms with Gasteiger partial charge >= 0.3 is 0 Å². The summed E-state index contributed by atoms with van der Waals surface area (Å²) < 4.78 is 11.3. The highest BCUT2D eigenvalue weighted by Crippen LogP contribution is 2.30. The Balaban J connectivity index is 1.94. The van der Waals surface area contributed by atoms with E-state index in [1.165, 1.54) is 0 Å². The van der Waals surface area contributed by atoms with E-state index in [0.717, 1.165) is 28.4 Å². The van der Waals surface area contributed by atoms with Crippen molar-refractivity contribution in [2.24, 2.45) is 0 Å². The van der Waals surface area contributed by atoms with Gasteiger partial charge in [0.05, 0.1) is 12.1 Å². The van der Waals surface area contributed by atoms with Gasteiger partial charge in [0.2, 0.25) is 0 Å². The van der Waals surface area contributed by atoms with Gasteiger partial charge in [-0.05, 0) is 24.3 Å². The second-order valence-electron chi connectivity index (χ2n) is 4.76. The van der Waals surface area contributed by atoms with E-state index in [4.69, 9.17) is 20.8 Å². The molecule has 3 rings (SSSR count). The molecule has 22 heavy (non-hydrogen) atoms. The van der Waals surface area contributed by atoms with Crippen molar-refractivity contribution >= 4 is 23.4 Å². The third kappa shape index (κ3) is 3.07. The van der Waals surface area contributed by atoms with E-state index in [-0.39, 0.29) is 0 Å². The molecule has 0 aliphatic carbocycles. The third-order valence-electron chi connectivity index (χ3n) is 3.32. The van der Waals surface area contributed by atoms with Crippen LogP contribution in [0.1, 0.15) is 11.3 Å². The van der Waals surface area contributed by atoms with Gasteiger partial charge in [-0.2, -0.15) is 0 Å². The van der Waals surface area contributed by atoms with Crippen molar-refractivity contribution in [3.05, 3.63) is 83.1 Å². The van der Waals surface area contributed by atoms with Gasteiger partial charge in [-0.15, -0.1) is 0 Å². The molecule has 0 saturated carbocycles. The summed E-state index contributed by atoms with van der Waals surface area (Å²) in [5.74, 6) is 2.21. The molecule has 0 bridgehead atoms. The first-order valence-electron chi connectivity index (χ1n) is 6.94. The SMILES string of the molecule is CO/C(=C\c1ccc(-c2ccccc2Cl)o1)c1ccccc1. The topological polar surface area (TPSA) is 22.4 Å². The fourth-order valence-electron chi connectivity index (χ4n) is 2.23. The van der Waals surface area contributed by atoms with Crippen LogP contribution in [0.5, 0.6) is 0 Å². The Morgan fingerprint density at radius 1 is 0.955 bits per heavy atom. The van der Waals surface area contributed by atoms with Gasteiger partial charge < -0.3 is 9.15 Å². The van der Waals surface area contributed by atoms with E-state index >= 15 is 0 Å². The summed E-state index contributed by atoms with van der Waals surface area (Å²) >= 11 is 6.20. The van der Waals surface area contributed by atoms with Crippen molar-refractivity contribution in [1.29, 1.82) is 0 Å². The average molecular weight is 311 g/mol. The number of furan rings is 1. The van der Waals surface area contributed by atoms with E-state index in [0.29, 0.717) is 5.02 Å². The van der Waals surface area contributed by atoms with Crippen LogP contribution in [0.15, 0.2) is 71.1 Å². The zero-order chi connectivity index (χ0) is 15.4. The highest BCUT2D eigenvalue weighted by Gasteiger charge is 2.08. The number of methoxy groups -OCH3 is 1. The van der Waals surface area contributed by atoms with Crippen molar-refractivity contribution in [2.75, 3.05) is 7.11 Å². The molecule has 2 nitrogen and oxygen atoms in total. The zero-order valence-corrected chi connectivity index (χ0v) is 12.9. The van der Waals surface area contributed by atoms with Gasteiger partial charge in [-0.25, -0.2) is 0 Å². The third-order valence-corrected chi connectivity index (χ3v) is 3.65. The quantitative estimate of drug-likeness (QED) is 0.573. The Hall–Kier alpha value is -2.45. The summed E-state index contributed by atoms with van der Waals surface area (Å²) in [7, 11) is 1.65. The van der Waals surface area contributed by atoms with Crippen LogP contribution in [0.2, 0.25) is 5.02 Å². The summed E-state index contributed by atoms with van der Waals surface area (Å²) in [6, 6.07) is 21.3. The van der Waals surface area contributed by atoms with Crippen LogP contribution < -0.4 is 0 Å². The summed E-state index contributed by atoms with van der Waals surface area (Å²) in [6.45, 7) is 0. The molecule has 0 radical (unpaired) electrons. The highest BCUT2D eigenvalue weighted by molar-refractivity contribution is 6.33. The molecule has 1 heterocycles. The van der Waals surface area contributed by atoms with E-state index in [9.17, 15) is 0 Å². The van der Waals surface area contributed by atoms with E-state index < -0.39 is 0 Å². The molecular weight excluding hydrogens is 296 g/mol. The van der Waals surface area contributed by atoms with Gasteiger partial charge in [-0.3, -0.25) is 0 Å². The van der Waals surface area contributed by atoms with Gasteiger partial charge in [-0.1, -0.05) is 54.1 Å². The van der Waals surface area contributed by atoms with Gasteiger partial charge in [0.15, 0.2) is 0 Å². The number of rotatable bonds is 4. The number of hydrogen-bond donors (Lipinski definition) is 0. The van der Waals surface area contributed by atoms with Crippen molar-refractivity contribution in [3.63, 3.8) is 0 Å². The van der Waals surface area contributed by atoms with E-state index in [2.05, 4.69) is 0 Å². The Labute approximate surface area is 134 Å². The highest BCUT2D eigenvalue weighted by atomic mass is 35.5. The minimum atomic E-state index is 0.669. The fourth-order valence-corrected chi connectivity index (χ4v) is 2.46. The largest absolute Gasteiger partial charge is 0.496 e. The minimum Gasteiger partial charge on any atom is -0.496 e. The van der Waals surface area contributed by atoms with Crippen LogP contribution in [-0.2, 0) is 4.74 Å². The van der Waals surface area contributed by atoms with Gasteiger partial charge in [0.1, 0.15) is 17.3 Å². The lowest BCUT2D eigenvalue weighted by Gasteiger charge is -2.05. The molecule has 2 aromatic carbocycles. The number of hydrogen-bond acceptors (Lipinski definition) is 2. The summed E-state index contributed by atoms with van der Waals surface area (Å²) in [6.07, 6.45) is 1.87. The van der Waals surface area contributed by atoms with Crippen molar-refractivity contribution < 1.29 is 9.15 Å². The predicted molar refractivity (Wildman–Crippen MR) is 90.5 cm³/mol. The number of benzene rings is 2. The first-order valence-corrected chi connectivity index (χ1v) is 7.31. The first-order chi connectivity index (χ1) is 10.8. The molecule has 1 aromatic heterocycles. The van der Waals surface area contributed by atoms with Crippen LogP contribution in [0.4, 0.5) is 0 Å². The molecule has 0 spiro atoms. The van der Waals surface area contributed by atoms with Crippen LogP contribution in [0.3, 0.4) is 0 Å². The van der Waals surface area contributed by atoms with Gasteiger partial charge in [0.25, 0.3) is 0 Å². The molecule has 110 valence electrons. The number of halogens is 1. The second-order valence-corrected chi connectivity index (χ2v) is 5.17. The van der Waals surface area contributed by atoms with Crippen LogP contribution >= 0.6 is 11.6 Å². The number of ether oxygens (including phenoxy) is 1. The fraction of sp³-hybridized carbons (Fsp3) is 0.0526. The molecule has 0 aliphatic rings. The monoisotopic (exact) mass is 310 g/mol. The van der Waals surface area contributed by atoms with Crippen molar-refractivity contribution in [3.8, 4) is 11.3 Å². The molecular formula is C19H15ClO2. The summed E-state index contributed by atoms with van der Waals surface area (Å²) in [4.78, 5) is 0. The molecule has 0 N–H and O–H groups in total. The smallest absolute Gasteiger partial charge is 0.136 e. The Morgan fingerprint density at radius 2 is 1.68 bits per heavy atom. The lowest BCUT2D eigenvalue weighted by Crippen LogP contribution is -1.86. The normalized spacial score (nSPS) is 11.5. The second kappa shape index (κ2) is 6.54. The summed E-state index contributed by atoms with van der Waals surface area (Å²) in [5.41, 5.74) is 1.88. The zero-order valence-electron chi connectivity index (χ0n) is 12.1. The Kier molecular flexibility index (Phi) is 4.31. The Bertz CT molecular complexity index is 788. The maximum absolute atomic E-state index is 6.20. The molecule has 0 aliphatic heterocycles. The van der Waals surface area contributed by atoms with E-state index in [1.807, 2.05) is 72.8 Å². The molecule has 0 saturated heterocycles. The Morgan fingerprint density at radius 3 is 2.41 bits per heavy atom. The lowest BCUT2D eigenvalue weighted by molar-refractivity contribution is 0.372. The average Bonchev–Trinajstić information content (AvgIpc) is 3.02. The summed E-state index contributed by atoms with van der Waals surface area (Å²) in [5, 5.41) is 0.669. The molecule has 0 atom stereocenters. The van der Waals surface area contributed by atoms with Crippen LogP contribution in [0.25, 0.3) is 23.2 Å². The maximum atomic E-state index is 6.20. The maximum Gasteiger partial charge on any atom is 0.136 e. The van der Waals surface area contributed by atoms with E-state index in [1.54, 1.807) is 7.11 Å².